The Morgan fingerprint density at radius 2 is 1.82 bits per heavy atom. The van der Waals surface area contributed by atoms with Crippen LogP contribution in [-0.4, -0.2) is 17.1 Å². The number of halogens is 3. The quantitative estimate of drug-likeness (QED) is 0.937. The summed E-state index contributed by atoms with van der Waals surface area (Å²) in [6.45, 7) is 1.10. The Labute approximate surface area is 124 Å². The Kier molecular flexibility index (Phi) is 4.35. The van der Waals surface area contributed by atoms with Gasteiger partial charge in [0.15, 0.2) is 0 Å². The first-order valence-electron chi connectivity index (χ1n) is 6.38. The number of hydrogen-bond donors (Lipinski definition) is 1. The molecule has 2 rings (SSSR count). The van der Waals surface area contributed by atoms with E-state index in [1.54, 1.807) is 0 Å². The summed E-state index contributed by atoms with van der Waals surface area (Å²) in [7, 11) is 0. The smallest absolute Gasteiger partial charge is 0.395 e. The van der Waals surface area contributed by atoms with E-state index >= 15 is 0 Å². The molecule has 2 N–H and O–H groups in total. The van der Waals surface area contributed by atoms with E-state index in [0.29, 0.717) is 5.75 Å². The van der Waals surface area contributed by atoms with Crippen molar-refractivity contribution < 1.29 is 22.7 Å². The van der Waals surface area contributed by atoms with Crippen LogP contribution >= 0.6 is 0 Å². The van der Waals surface area contributed by atoms with Crippen LogP contribution in [0, 0.1) is 0 Å². The number of benzene rings is 1. The highest BCUT2D eigenvalue weighted by atomic mass is 19.4. The monoisotopic (exact) mass is 310 g/mol. The molecule has 116 valence electrons. The van der Waals surface area contributed by atoms with E-state index in [0.717, 1.165) is 6.92 Å². The van der Waals surface area contributed by atoms with Gasteiger partial charge in [-0.2, -0.15) is 13.2 Å². The minimum Gasteiger partial charge on any atom is -0.439 e. The van der Waals surface area contributed by atoms with Gasteiger partial charge in [0.2, 0.25) is 11.8 Å². The number of carbonyl (C=O) groups is 1. The van der Waals surface area contributed by atoms with E-state index < -0.39 is 18.0 Å². The van der Waals surface area contributed by atoms with Crippen molar-refractivity contribution in [3.05, 3.63) is 53.7 Å². The highest BCUT2D eigenvalue weighted by Crippen LogP contribution is 2.35. The number of alkyl halides is 3. The van der Waals surface area contributed by atoms with Gasteiger partial charge in [-0.1, -0.05) is 12.1 Å². The summed E-state index contributed by atoms with van der Waals surface area (Å²) in [5.74, 6) is -1.60. The Bertz CT molecular complexity index is 652. The molecule has 1 aromatic carbocycles. The molecular weight excluding hydrogens is 297 g/mol. The lowest BCUT2D eigenvalue weighted by Crippen LogP contribution is -2.17. The number of amides is 1. The lowest BCUT2D eigenvalue weighted by atomic mass is 10.0. The van der Waals surface area contributed by atoms with Crippen molar-refractivity contribution in [2.24, 2.45) is 5.73 Å². The maximum Gasteiger partial charge on any atom is 0.395 e. The van der Waals surface area contributed by atoms with Gasteiger partial charge in [-0.15, -0.1) is 0 Å². The summed E-state index contributed by atoms with van der Waals surface area (Å²) < 4.78 is 43.2. The summed E-state index contributed by atoms with van der Waals surface area (Å²) in [4.78, 5) is 14.8. The summed E-state index contributed by atoms with van der Waals surface area (Å²) in [6, 6.07) is 8.47. The molecule has 1 unspecified atom stereocenters. The molecule has 1 atom stereocenters. The molecule has 0 saturated carbocycles. The number of rotatable bonds is 4. The molecule has 22 heavy (non-hydrogen) atoms. The van der Waals surface area contributed by atoms with Gasteiger partial charge >= 0.3 is 6.18 Å². The zero-order valence-corrected chi connectivity index (χ0v) is 11.6. The molecular formula is C15H13F3N2O2. The van der Waals surface area contributed by atoms with Crippen LogP contribution in [0.3, 0.4) is 0 Å². The summed E-state index contributed by atoms with van der Waals surface area (Å²) in [6.07, 6.45) is -3.02. The molecule has 1 aromatic heterocycles. The van der Waals surface area contributed by atoms with Crippen molar-refractivity contribution in [3.8, 4) is 11.6 Å². The topological polar surface area (TPSA) is 65.2 Å². The Morgan fingerprint density at radius 1 is 1.18 bits per heavy atom. The lowest BCUT2D eigenvalue weighted by molar-refractivity contribution is -0.146. The highest BCUT2D eigenvalue weighted by Gasteiger charge is 2.36. The van der Waals surface area contributed by atoms with E-state index in [-0.39, 0.29) is 17.0 Å². The number of nitrogens with two attached hydrogens (primary N) is 1. The number of primary amides is 1. The van der Waals surface area contributed by atoms with Gasteiger partial charge in [-0.05, 0) is 30.7 Å². The van der Waals surface area contributed by atoms with Crippen molar-refractivity contribution in [1.82, 2.24) is 4.98 Å². The molecule has 0 fully saturated rings. The summed E-state index contributed by atoms with van der Waals surface area (Å²) >= 11 is 0. The average molecular weight is 310 g/mol. The third kappa shape index (κ3) is 3.75. The Morgan fingerprint density at radius 3 is 2.27 bits per heavy atom. The molecule has 0 aliphatic rings. The van der Waals surface area contributed by atoms with Crippen molar-refractivity contribution in [3.63, 3.8) is 0 Å². The molecule has 0 radical (unpaired) electrons. The third-order valence-corrected chi connectivity index (χ3v) is 3.11. The normalized spacial score (nSPS) is 12.7. The molecule has 0 bridgehead atoms. The van der Waals surface area contributed by atoms with E-state index in [2.05, 4.69) is 4.98 Å². The summed E-state index contributed by atoms with van der Waals surface area (Å²) in [5, 5.41) is 0. The second kappa shape index (κ2) is 6.05. The van der Waals surface area contributed by atoms with Crippen LogP contribution in [0.2, 0.25) is 0 Å². The van der Waals surface area contributed by atoms with Gasteiger partial charge in [0.05, 0.1) is 11.5 Å². The first kappa shape index (κ1) is 15.8. The van der Waals surface area contributed by atoms with E-state index in [1.807, 2.05) is 0 Å². The molecule has 4 nitrogen and oxygen atoms in total. The minimum atomic E-state index is -4.28. The second-order valence-corrected chi connectivity index (χ2v) is 4.68. The lowest BCUT2D eigenvalue weighted by Gasteiger charge is -2.16. The molecule has 0 aliphatic carbocycles. The van der Waals surface area contributed by atoms with Crippen LogP contribution in [0.15, 0.2) is 42.6 Å². The molecule has 0 spiro atoms. The summed E-state index contributed by atoms with van der Waals surface area (Å²) in [5.41, 5.74) is 5.47. The average Bonchev–Trinajstić information content (AvgIpc) is 2.47. The number of pyridine rings is 1. The fourth-order valence-corrected chi connectivity index (χ4v) is 1.72. The second-order valence-electron chi connectivity index (χ2n) is 4.68. The van der Waals surface area contributed by atoms with Gasteiger partial charge in [-0.3, -0.25) is 4.79 Å². The van der Waals surface area contributed by atoms with Gasteiger partial charge in [-0.25, -0.2) is 4.98 Å². The van der Waals surface area contributed by atoms with Crippen LogP contribution in [-0.2, 0) is 0 Å². The molecule has 1 heterocycles. The predicted octanol–water partition coefficient (Wildman–Crippen LogP) is 3.64. The number of ether oxygens (including phenoxy) is 1. The number of hydrogen-bond acceptors (Lipinski definition) is 3. The molecule has 2 aromatic rings. The van der Waals surface area contributed by atoms with Crippen LogP contribution in [0.1, 0.15) is 28.8 Å². The largest absolute Gasteiger partial charge is 0.439 e. The maximum atomic E-state index is 12.6. The highest BCUT2D eigenvalue weighted by molar-refractivity contribution is 5.92. The van der Waals surface area contributed by atoms with Crippen LogP contribution in [0.25, 0.3) is 0 Å². The Hall–Kier alpha value is -2.57. The minimum absolute atomic E-state index is 0.150. The van der Waals surface area contributed by atoms with Crippen LogP contribution in [0.4, 0.5) is 13.2 Å². The van der Waals surface area contributed by atoms with Crippen molar-refractivity contribution in [2.45, 2.75) is 19.0 Å². The predicted molar refractivity (Wildman–Crippen MR) is 73.7 cm³/mol. The molecule has 1 amide bonds. The van der Waals surface area contributed by atoms with Crippen LogP contribution in [0.5, 0.6) is 11.6 Å². The fourth-order valence-electron chi connectivity index (χ4n) is 1.72. The number of nitrogens with zero attached hydrogens (tertiary/aromatic N) is 1. The first-order chi connectivity index (χ1) is 10.3. The third-order valence-electron chi connectivity index (χ3n) is 3.11. The fraction of sp³-hybridized carbons (Fsp3) is 0.200. The maximum absolute atomic E-state index is 12.6. The van der Waals surface area contributed by atoms with Crippen molar-refractivity contribution in [1.29, 1.82) is 0 Å². The van der Waals surface area contributed by atoms with Crippen molar-refractivity contribution in [2.75, 3.05) is 0 Å². The zero-order chi connectivity index (χ0) is 16.3. The first-order valence-corrected chi connectivity index (χ1v) is 6.38. The zero-order valence-electron chi connectivity index (χ0n) is 11.6. The molecule has 0 saturated heterocycles. The van der Waals surface area contributed by atoms with Gasteiger partial charge in [0, 0.05) is 12.3 Å². The Balaban J connectivity index is 2.09. The van der Waals surface area contributed by atoms with E-state index in [1.165, 1.54) is 42.6 Å². The number of aromatic nitrogens is 1. The van der Waals surface area contributed by atoms with Gasteiger partial charge in [0.25, 0.3) is 0 Å². The van der Waals surface area contributed by atoms with Gasteiger partial charge < -0.3 is 10.5 Å². The molecule has 7 heteroatoms. The van der Waals surface area contributed by atoms with Gasteiger partial charge in [0.1, 0.15) is 5.75 Å². The van der Waals surface area contributed by atoms with E-state index in [9.17, 15) is 18.0 Å². The standard InChI is InChI=1S/C15H13F3N2O2/c1-9(15(16,17)18)10-2-5-12(6-3-10)22-13-7-4-11(8-20-13)14(19)21/h2-9H,1H3,(H2,19,21). The van der Waals surface area contributed by atoms with Crippen LogP contribution < -0.4 is 10.5 Å². The SMILES string of the molecule is CC(c1ccc(Oc2ccc(C(N)=O)cn2)cc1)C(F)(F)F. The van der Waals surface area contributed by atoms with E-state index in [4.69, 9.17) is 10.5 Å². The number of carbonyl (C=O) groups excluding carboxylic acids is 1. The molecule has 0 aliphatic heterocycles. The van der Waals surface area contributed by atoms with Crippen molar-refractivity contribution >= 4 is 5.91 Å².